The highest BCUT2D eigenvalue weighted by atomic mass is 14.6. The van der Waals surface area contributed by atoms with Gasteiger partial charge in [0.25, 0.3) is 0 Å². The summed E-state index contributed by atoms with van der Waals surface area (Å²) in [4.78, 5) is 0. The SMILES string of the molecule is C=C(C)[C@@H]1CC=C(C)C(N)C1. The summed E-state index contributed by atoms with van der Waals surface area (Å²) in [5.74, 6) is 0.619. The van der Waals surface area contributed by atoms with Gasteiger partial charge >= 0.3 is 0 Å². The van der Waals surface area contributed by atoms with E-state index in [9.17, 15) is 0 Å². The maximum absolute atomic E-state index is 5.90. The largest absolute Gasteiger partial charge is 0.324 e. The Morgan fingerprint density at radius 3 is 2.82 bits per heavy atom. The first-order valence-electron chi connectivity index (χ1n) is 4.19. The molecule has 0 saturated carbocycles. The van der Waals surface area contributed by atoms with Gasteiger partial charge in [-0.1, -0.05) is 23.8 Å². The molecular weight excluding hydrogens is 134 g/mol. The molecule has 0 aromatic heterocycles. The second-order valence-corrected chi connectivity index (χ2v) is 3.57. The maximum Gasteiger partial charge on any atom is 0.0256 e. The number of hydrogen-bond acceptors (Lipinski definition) is 1. The summed E-state index contributed by atoms with van der Waals surface area (Å²) in [6.45, 7) is 8.15. The van der Waals surface area contributed by atoms with Crippen LogP contribution < -0.4 is 5.73 Å². The second-order valence-electron chi connectivity index (χ2n) is 3.57. The first-order valence-corrected chi connectivity index (χ1v) is 4.19. The van der Waals surface area contributed by atoms with E-state index in [1.807, 2.05) is 0 Å². The van der Waals surface area contributed by atoms with Gasteiger partial charge in [0, 0.05) is 6.04 Å². The minimum absolute atomic E-state index is 0.269. The zero-order valence-corrected chi connectivity index (χ0v) is 7.43. The van der Waals surface area contributed by atoms with Crippen molar-refractivity contribution in [2.75, 3.05) is 0 Å². The monoisotopic (exact) mass is 151 g/mol. The van der Waals surface area contributed by atoms with Crippen LogP contribution in [0.15, 0.2) is 23.8 Å². The molecule has 0 amide bonds. The third kappa shape index (κ3) is 1.93. The van der Waals surface area contributed by atoms with Crippen molar-refractivity contribution in [2.45, 2.75) is 32.7 Å². The zero-order valence-electron chi connectivity index (χ0n) is 7.43. The fourth-order valence-electron chi connectivity index (χ4n) is 1.47. The van der Waals surface area contributed by atoms with Crippen LogP contribution in [0.4, 0.5) is 0 Å². The molecule has 11 heavy (non-hydrogen) atoms. The highest BCUT2D eigenvalue weighted by molar-refractivity contribution is 5.15. The number of rotatable bonds is 1. The van der Waals surface area contributed by atoms with E-state index in [4.69, 9.17) is 5.73 Å². The fraction of sp³-hybridized carbons (Fsp3) is 0.600. The van der Waals surface area contributed by atoms with E-state index in [-0.39, 0.29) is 6.04 Å². The highest BCUT2D eigenvalue weighted by Crippen LogP contribution is 2.26. The summed E-state index contributed by atoms with van der Waals surface area (Å²) in [5.41, 5.74) is 8.50. The molecule has 1 rings (SSSR count). The van der Waals surface area contributed by atoms with Crippen LogP contribution in [0.2, 0.25) is 0 Å². The topological polar surface area (TPSA) is 26.0 Å². The molecule has 0 aromatic rings. The molecule has 0 heterocycles. The molecule has 1 nitrogen and oxygen atoms in total. The number of allylic oxidation sites excluding steroid dienone is 2. The lowest BCUT2D eigenvalue weighted by Gasteiger charge is -2.25. The van der Waals surface area contributed by atoms with Gasteiger partial charge in [-0.25, -0.2) is 0 Å². The highest BCUT2D eigenvalue weighted by Gasteiger charge is 2.18. The molecule has 0 saturated heterocycles. The molecule has 2 atom stereocenters. The normalized spacial score (nSPS) is 31.4. The van der Waals surface area contributed by atoms with Crippen LogP contribution in [0, 0.1) is 5.92 Å². The van der Waals surface area contributed by atoms with E-state index in [0.717, 1.165) is 12.8 Å². The van der Waals surface area contributed by atoms with Gasteiger partial charge in [0.1, 0.15) is 0 Å². The smallest absolute Gasteiger partial charge is 0.0256 e. The van der Waals surface area contributed by atoms with Crippen LogP contribution in [-0.4, -0.2) is 6.04 Å². The molecule has 2 N–H and O–H groups in total. The quantitative estimate of drug-likeness (QED) is 0.571. The standard InChI is InChI=1S/C10H17N/c1-7(2)9-5-4-8(3)10(11)6-9/h4,9-10H,1,5-6,11H2,2-3H3/t9-,10?/m1/s1. The maximum atomic E-state index is 5.90. The Balaban J connectivity index is 2.62. The van der Waals surface area contributed by atoms with Gasteiger partial charge in [0.15, 0.2) is 0 Å². The van der Waals surface area contributed by atoms with Gasteiger partial charge in [-0.3, -0.25) is 0 Å². The van der Waals surface area contributed by atoms with Gasteiger partial charge in [-0.15, -0.1) is 0 Å². The van der Waals surface area contributed by atoms with E-state index in [0.29, 0.717) is 5.92 Å². The molecule has 0 bridgehead atoms. The summed E-state index contributed by atoms with van der Waals surface area (Å²) in [7, 11) is 0. The van der Waals surface area contributed by atoms with E-state index in [2.05, 4.69) is 26.5 Å². The van der Waals surface area contributed by atoms with Crippen molar-refractivity contribution in [1.29, 1.82) is 0 Å². The van der Waals surface area contributed by atoms with Gasteiger partial charge in [0.05, 0.1) is 0 Å². The lowest BCUT2D eigenvalue weighted by Crippen LogP contribution is -2.28. The Labute approximate surface area is 69.0 Å². The van der Waals surface area contributed by atoms with E-state index >= 15 is 0 Å². The molecule has 1 aliphatic carbocycles. The average Bonchev–Trinajstić information content (AvgIpc) is 1.94. The van der Waals surface area contributed by atoms with Crippen LogP contribution in [-0.2, 0) is 0 Å². The average molecular weight is 151 g/mol. The van der Waals surface area contributed by atoms with Crippen molar-refractivity contribution in [3.63, 3.8) is 0 Å². The molecule has 0 fully saturated rings. The molecule has 1 aliphatic rings. The molecule has 0 radical (unpaired) electrons. The minimum atomic E-state index is 0.269. The van der Waals surface area contributed by atoms with Crippen molar-refractivity contribution >= 4 is 0 Å². The van der Waals surface area contributed by atoms with Crippen LogP contribution in [0.5, 0.6) is 0 Å². The van der Waals surface area contributed by atoms with Crippen LogP contribution in [0.1, 0.15) is 26.7 Å². The lowest BCUT2D eigenvalue weighted by molar-refractivity contribution is 0.493. The van der Waals surface area contributed by atoms with Crippen molar-refractivity contribution in [2.24, 2.45) is 11.7 Å². The Morgan fingerprint density at radius 1 is 1.73 bits per heavy atom. The summed E-state index contributed by atoms with van der Waals surface area (Å²) in [5, 5.41) is 0. The summed E-state index contributed by atoms with van der Waals surface area (Å²) < 4.78 is 0. The Hall–Kier alpha value is -0.560. The molecule has 0 spiro atoms. The molecule has 0 aliphatic heterocycles. The van der Waals surface area contributed by atoms with E-state index < -0.39 is 0 Å². The third-order valence-electron chi connectivity index (χ3n) is 2.54. The summed E-state index contributed by atoms with van der Waals surface area (Å²) in [6.07, 6.45) is 4.46. The van der Waals surface area contributed by atoms with Gasteiger partial charge < -0.3 is 5.73 Å². The molecule has 62 valence electrons. The Bertz CT molecular complexity index is 191. The fourth-order valence-corrected chi connectivity index (χ4v) is 1.47. The first kappa shape index (κ1) is 8.54. The third-order valence-corrected chi connectivity index (χ3v) is 2.54. The van der Waals surface area contributed by atoms with Crippen molar-refractivity contribution in [1.82, 2.24) is 0 Å². The van der Waals surface area contributed by atoms with Gasteiger partial charge in [-0.2, -0.15) is 0 Å². The summed E-state index contributed by atoms with van der Waals surface area (Å²) in [6, 6.07) is 0.269. The van der Waals surface area contributed by atoms with Crippen LogP contribution >= 0.6 is 0 Å². The Morgan fingerprint density at radius 2 is 2.36 bits per heavy atom. The number of hydrogen-bond donors (Lipinski definition) is 1. The summed E-state index contributed by atoms with van der Waals surface area (Å²) >= 11 is 0. The van der Waals surface area contributed by atoms with Gasteiger partial charge in [-0.05, 0) is 32.6 Å². The lowest BCUT2D eigenvalue weighted by atomic mass is 9.83. The van der Waals surface area contributed by atoms with E-state index in [1.165, 1.54) is 11.1 Å². The van der Waals surface area contributed by atoms with Crippen molar-refractivity contribution < 1.29 is 0 Å². The first-order chi connectivity index (χ1) is 5.11. The molecule has 0 aromatic carbocycles. The Kier molecular flexibility index (Phi) is 2.50. The predicted octanol–water partition coefficient (Wildman–Crippen LogP) is 2.25. The minimum Gasteiger partial charge on any atom is -0.324 e. The van der Waals surface area contributed by atoms with Gasteiger partial charge in [0.2, 0.25) is 0 Å². The second kappa shape index (κ2) is 3.22. The van der Waals surface area contributed by atoms with E-state index in [1.54, 1.807) is 0 Å². The molecular formula is C10H17N. The molecule has 1 unspecified atom stereocenters. The van der Waals surface area contributed by atoms with Crippen molar-refractivity contribution in [3.05, 3.63) is 23.8 Å². The van der Waals surface area contributed by atoms with Crippen LogP contribution in [0.3, 0.4) is 0 Å². The predicted molar refractivity (Wildman–Crippen MR) is 49.3 cm³/mol. The zero-order chi connectivity index (χ0) is 8.43. The number of nitrogens with two attached hydrogens (primary N) is 1. The van der Waals surface area contributed by atoms with Crippen LogP contribution in [0.25, 0.3) is 0 Å². The molecule has 1 heteroatoms. The van der Waals surface area contributed by atoms with Crippen molar-refractivity contribution in [3.8, 4) is 0 Å².